The van der Waals surface area contributed by atoms with Gasteiger partial charge in [-0.25, -0.2) is 0 Å². The topological polar surface area (TPSA) is 52.4 Å². The van der Waals surface area contributed by atoms with Crippen molar-refractivity contribution in [2.24, 2.45) is 0 Å². The summed E-state index contributed by atoms with van der Waals surface area (Å²) in [5.74, 6) is 1.28. The Labute approximate surface area is 147 Å². The lowest BCUT2D eigenvalue weighted by atomic mass is 10.0. The van der Waals surface area contributed by atoms with Crippen LogP contribution in [0.15, 0.2) is 72.8 Å². The zero-order valence-electron chi connectivity index (χ0n) is 12.0. The van der Waals surface area contributed by atoms with Crippen molar-refractivity contribution in [3.05, 3.63) is 86.5 Å². The molecule has 3 aromatic rings. The Morgan fingerprint density at radius 3 is 2.09 bits per heavy atom. The van der Waals surface area contributed by atoms with E-state index in [1.165, 1.54) is 12.1 Å². The number of halogens is 1. The van der Waals surface area contributed by atoms with E-state index in [4.69, 9.17) is 4.74 Å². The summed E-state index contributed by atoms with van der Waals surface area (Å²) in [5, 5.41) is 10.7. The van der Waals surface area contributed by atoms with Crippen molar-refractivity contribution in [3.8, 4) is 22.6 Å². The van der Waals surface area contributed by atoms with Gasteiger partial charge in [-0.3, -0.25) is 10.1 Å². The van der Waals surface area contributed by atoms with Crippen LogP contribution >= 0.6 is 22.6 Å². The second kappa shape index (κ2) is 6.78. The number of nitrogens with zero attached hydrogens (tertiary/aromatic N) is 1. The number of hydrogen-bond acceptors (Lipinski definition) is 3. The van der Waals surface area contributed by atoms with Gasteiger partial charge in [0.2, 0.25) is 0 Å². The zero-order valence-corrected chi connectivity index (χ0v) is 14.1. The molecule has 3 aromatic carbocycles. The van der Waals surface area contributed by atoms with Crippen molar-refractivity contribution in [2.75, 3.05) is 0 Å². The van der Waals surface area contributed by atoms with Crippen LogP contribution < -0.4 is 4.74 Å². The van der Waals surface area contributed by atoms with Crippen LogP contribution in [-0.2, 0) is 0 Å². The predicted octanol–water partition coefficient (Wildman–Crippen LogP) is 5.66. The molecule has 0 aliphatic rings. The predicted molar refractivity (Wildman–Crippen MR) is 97.8 cm³/mol. The Balaban J connectivity index is 1.95. The lowest BCUT2D eigenvalue weighted by Crippen LogP contribution is -1.91. The first-order chi connectivity index (χ1) is 11.1. The van der Waals surface area contributed by atoms with Crippen LogP contribution in [0.2, 0.25) is 0 Å². The van der Waals surface area contributed by atoms with Gasteiger partial charge in [-0.15, -0.1) is 0 Å². The highest BCUT2D eigenvalue weighted by Crippen LogP contribution is 2.35. The first-order valence-corrected chi connectivity index (χ1v) is 7.99. The third kappa shape index (κ3) is 3.50. The number of nitro benzene ring substituents is 1. The van der Waals surface area contributed by atoms with Gasteiger partial charge in [0.1, 0.15) is 11.5 Å². The average molecular weight is 417 g/mol. The molecule has 0 unspecified atom stereocenters. The summed E-state index contributed by atoms with van der Waals surface area (Å²) in [4.78, 5) is 10.3. The van der Waals surface area contributed by atoms with Crippen LogP contribution in [0.1, 0.15) is 0 Å². The SMILES string of the molecule is O=[N+]([O-])c1ccc(Oc2ccccc2-c2ccccc2I)cc1. The van der Waals surface area contributed by atoms with Crippen LogP contribution in [0.4, 0.5) is 5.69 Å². The molecule has 0 fully saturated rings. The van der Waals surface area contributed by atoms with Gasteiger partial charge >= 0.3 is 0 Å². The first kappa shape index (κ1) is 15.5. The highest BCUT2D eigenvalue weighted by Gasteiger charge is 2.10. The number of ether oxygens (including phenoxy) is 1. The maximum Gasteiger partial charge on any atom is 0.269 e. The van der Waals surface area contributed by atoms with Gasteiger partial charge in [0, 0.05) is 21.3 Å². The number of nitro groups is 1. The van der Waals surface area contributed by atoms with Gasteiger partial charge in [-0.2, -0.15) is 0 Å². The van der Waals surface area contributed by atoms with Crippen molar-refractivity contribution < 1.29 is 9.66 Å². The molecule has 23 heavy (non-hydrogen) atoms. The zero-order chi connectivity index (χ0) is 16.2. The van der Waals surface area contributed by atoms with Crippen molar-refractivity contribution in [1.29, 1.82) is 0 Å². The summed E-state index contributed by atoms with van der Waals surface area (Å²) in [5.41, 5.74) is 2.12. The molecule has 0 spiro atoms. The molecular formula is C18H12INO3. The Morgan fingerprint density at radius 1 is 0.826 bits per heavy atom. The maximum absolute atomic E-state index is 10.7. The van der Waals surface area contributed by atoms with E-state index in [9.17, 15) is 10.1 Å². The summed E-state index contributed by atoms with van der Waals surface area (Å²) in [6.45, 7) is 0. The van der Waals surface area contributed by atoms with Gasteiger partial charge in [-0.1, -0.05) is 36.4 Å². The molecule has 0 bridgehead atoms. The number of rotatable bonds is 4. The van der Waals surface area contributed by atoms with Crippen molar-refractivity contribution in [3.63, 3.8) is 0 Å². The molecule has 0 saturated heterocycles. The molecule has 4 nitrogen and oxygen atoms in total. The molecular weight excluding hydrogens is 405 g/mol. The van der Waals surface area contributed by atoms with Gasteiger partial charge in [0.15, 0.2) is 0 Å². The molecule has 114 valence electrons. The monoisotopic (exact) mass is 417 g/mol. The van der Waals surface area contributed by atoms with E-state index >= 15 is 0 Å². The number of non-ortho nitro benzene ring substituents is 1. The highest BCUT2D eigenvalue weighted by atomic mass is 127. The molecule has 0 N–H and O–H groups in total. The number of para-hydroxylation sites is 1. The van der Waals surface area contributed by atoms with E-state index in [1.807, 2.05) is 48.5 Å². The van der Waals surface area contributed by atoms with Crippen LogP contribution in [0.25, 0.3) is 11.1 Å². The molecule has 0 atom stereocenters. The quantitative estimate of drug-likeness (QED) is 0.313. The van der Waals surface area contributed by atoms with E-state index in [1.54, 1.807) is 12.1 Å². The Hall–Kier alpha value is -2.41. The van der Waals surface area contributed by atoms with Gasteiger partial charge < -0.3 is 4.74 Å². The molecule has 3 rings (SSSR count). The third-order valence-electron chi connectivity index (χ3n) is 3.33. The Bertz CT molecular complexity index is 847. The molecule has 0 aliphatic carbocycles. The normalized spacial score (nSPS) is 10.3. The average Bonchev–Trinajstić information content (AvgIpc) is 2.56. The summed E-state index contributed by atoms with van der Waals surface area (Å²) < 4.78 is 7.06. The summed E-state index contributed by atoms with van der Waals surface area (Å²) in [7, 11) is 0. The van der Waals surface area contributed by atoms with Gasteiger partial charge in [0.25, 0.3) is 5.69 Å². The highest BCUT2D eigenvalue weighted by molar-refractivity contribution is 14.1. The molecule has 0 radical (unpaired) electrons. The summed E-state index contributed by atoms with van der Waals surface area (Å²) in [6, 6.07) is 21.9. The van der Waals surface area contributed by atoms with Crippen LogP contribution in [0.5, 0.6) is 11.5 Å². The van der Waals surface area contributed by atoms with Gasteiger partial charge in [-0.05, 0) is 52.4 Å². The summed E-state index contributed by atoms with van der Waals surface area (Å²) in [6.07, 6.45) is 0. The molecule has 0 aromatic heterocycles. The van der Waals surface area contributed by atoms with Crippen LogP contribution in [-0.4, -0.2) is 4.92 Å². The number of hydrogen-bond donors (Lipinski definition) is 0. The third-order valence-corrected chi connectivity index (χ3v) is 4.27. The first-order valence-electron chi connectivity index (χ1n) is 6.91. The minimum atomic E-state index is -0.427. The van der Waals surface area contributed by atoms with Crippen molar-refractivity contribution in [1.82, 2.24) is 0 Å². The van der Waals surface area contributed by atoms with E-state index < -0.39 is 4.92 Å². The van der Waals surface area contributed by atoms with E-state index in [0.717, 1.165) is 14.7 Å². The maximum atomic E-state index is 10.7. The standard InChI is InChI=1S/C18H12INO3/c19-17-7-3-1-5-15(17)16-6-2-4-8-18(16)23-14-11-9-13(10-12-14)20(21)22/h1-12H. The van der Waals surface area contributed by atoms with E-state index in [0.29, 0.717) is 11.5 Å². The molecule has 0 aliphatic heterocycles. The van der Waals surface area contributed by atoms with E-state index in [-0.39, 0.29) is 5.69 Å². The minimum Gasteiger partial charge on any atom is -0.457 e. The van der Waals surface area contributed by atoms with Crippen molar-refractivity contribution in [2.45, 2.75) is 0 Å². The molecule has 0 amide bonds. The molecule has 5 heteroatoms. The molecule has 0 saturated carbocycles. The van der Waals surface area contributed by atoms with Crippen LogP contribution in [0.3, 0.4) is 0 Å². The second-order valence-electron chi connectivity index (χ2n) is 4.83. The van der Waals surface area contributed by atoms with Gasteiger partial charge in [0.05, 0.1) is 4.92 Å². The Kier molecular flexibility index (Phi) is 4.57. The number of benzene rings is 3. The fraction of sp³-hybridized carbons (Fsp3) is 0. The second-order valence-corrected chi connectivity index (χ2v) is 5.99. The smallest absolute Gasteiger partial charge is 0.269 e. The minimum absolute atomic E-state index is 0.0447. The Morgan fingerprint density at radius 2 is 1.43 bits per heavy atom. The lowest BCUT2D eigenvalue weighted by molar-refractivity contribution is -0.384. The fourth-order valence-corrected chi connectivity index (χ4v) is 2.90. The lowest BCUT2D eigenvalue weighted by Gasteiger charge is -2.12. The molecule has 0 heterocycles. The fourth-order valence-electron chi connectivity index (χ4n) is 2.22. The summed E-state index contributed by atoms with van der Waals surface area (Å²) >= 11 is 2.29. The van der Waals surface area contributed by atoms with E-state index in [2.05, 4.69) is 22.6 Å². The van der Waals surface area contributed by atoms with Crippen LogP contribution in [0, 0.1) is 13.7 Å². The largest absolute Gasteiger partial charge is 0.457 e. The van der Waals surface area contributed by atoms with Crippen molar-refractivity contribution >= 4 is 28.3 Å².